The van der Waals surface area contributed by atoms with E-state index in [2.05, 4.69) is 15.1 Å². The van der Waals surface area contributed by atoms with Gasteiger partial charge in [-0.1, -0.05) is 5.16 Å². The van der Waals surface area contributed by atoms with Crippen LogP contribution in [0.15, 0.2) is 53.1 Å². The molecule has 1 aliphatic rings. The van der Waals surface area contributed by atoms with Crippen LogP contribution in [0.3, 0.4) is 0 Å². The van der Waals surface area contributed by atoms with E-state index in [9.17, 15) is 9.18 Å². The number of ether oxygens (including phenoxy) is 1. The van der Waals surface area contributed by atoms with Gasteiger partial charge in [-0.3, -0.25) is 4.79 Å². The van der Waals surface area contributed by atoms with Gasteiger partial charge in [0, 0.05) is 18.2 Å². The van der Waals surface area contributed by atoms with Gasteiger partial charge >= 0.3 is 0 Å². The number of nitrogens with zero attached hydrogens (tertiary/aromatic N) is 3. The van der Waals surface area contributed by atoms with E-state index in [0.29, 0.717) is 35.8 Å². The fourth-order valence-corrected chi connectivity index (χ4v) is 3.99. The van der Waals surface area contributed by atoms with Gasteiger partial charge in [0.1, 0.15) is 17.4 Å². The molecule has 0 radical (unpaired) electrons. The minimum Gasteiger partial charge on any atom is -0.494 e. The zero-order valence-electron chi connectivity index (χ0n) is 17.0. The van der Waals surface area contributed by atoms with Gasteiger partial charge in [-0.15, -0.1) is 0 Å². The van der Waals surface area contributed by atoms with Crippen LogP contribution < -0.4 is 4.74 Å². The number of H-pyrrole nitrogens is 1. The molecule has 3 heterocycles. The summed E-state index contributed by atoms with van der Waals surface area (Å²) in [6.07, 6.45) is 1.63. The second-order valence-electron chi connectivity index (χ2n) is 7.47. The Kier molecular flexibility index (Phi) is 4.89. The smallest absolute Gasteiger partial charge is 0.276 e. The quantitative estimate of drug-likeness (QED) is 0.504. The van der Waals surface area contributed by atoms with Crippen molar-refractivity contribution in [2.45, 2.75) is 25.8 Å². The van der Waals surface area contributed by atoms with Gasteiger partial charge in [0.25, 0.3) is 5.91 Å². The molecule has 5 rings (SSSR count). The van der Waals surface area contributed by atoms with Crippen LogP contribution >= 0.6 is 0 Å². The van der Waals surface area contributed by atoms with Crippen LogP contribution in [0.4, 0.5) is 4.39 Å². The first-order valence-corrected chi connectivity index (χ1v) is 10.3. The highest BCUT2D eigenvalue weighted by Crippen LogP contribution is 2.33. The van der Waals surface area contributed by atoms with Crippen molar-refractivity contribution in [2.75, 3.05) is 13.2 Å². The predicted molar refractivity (Wildman–Crippen MR) is 112 cm³/mol. The van der Waals surface area contributed by atoms with Gasteiger partial charge < -0.3 is 19.1 Å². The number of carbonyl (C=O) groups is 1. The van der Waals surface area contributed by atoms with E-state index in [1.165, 1.54) is 12.1 Å². The lowest BCUT2D eigenvalue weighted by Crippen LogP contribution is -2.31. The predicted octanol–water partition coefficient (Wildman–Crippen LogP) is 4.73. The van der Waals surface area contributed by atoms with Crippen molar-refractivity contribution in [3.05, 3.63) is 65.9 Å². The van der Waals surface area contributed by atoms with E-state index in [-0.39, 0.29) is 23.5 Å². The molecule has 1 unspecified atom stereocenters. The summed E-state index contributed by atoms with van der Waals surface area (Å²) in [5.74, 6) is 1.40. The molecule has 158 valence electrons. The summed E-state index contributed by atoms with van der Waals surface area (Å²) in [6.45, 7) is 3.12. The maximum Gasteiger partial charge on any atom is 0.276 e. The third-order valence-electron chi connectivity index (χ3n) is 5.47. The summed E-state index contributed by atoms with van der Waals surface area (Å²) in [5.41, 5.74) is 2.36. The fraction of sp³-hybridized carbons (Fsp3) is 0.261. The zero-order valence-corrected chi connectivity index (χ0v) is 17.0. The molecule has 0 saturated carbocycles. The van der Waals surface area contributed by atoms with Crippen molar-refractivity contribution < 1.29 is 18.4 Å². The van der Waals surface area contributed by atoms with Crippen LogP contribution in [-0.2, 0) is 0 Å². The summed E-state index contributed by atoms with van der Waals surface area (Å²) in [4.78, 5) is 22.6. The molecular weight excluding hydrogens is 399 g/mol. The average Bonchev–Trinajstić information content (AvgIpc) is 3.52. The summed E-state index contributed by atoms with van der Waals surface area (Å²) >= 11 is 0. The molecule has 1 atom stereocenters. The molecule has 0 spiro atoms. The van der Waals surface area contributed by atoms with Crippen molar-refractivity contribution in [2.24, 2.45) is 0 Å². The Morgan fingerprint density at radius 1 is 1.26 bits per heavy atom. The number of carbonyl (C=O) groups excluding carboxylic acids is 1. The van der Waals surface area contributed by atoms with Crippen molar-refractivity contribution in [3.63, 3.8) is 0 Å². The highest BCUT2D eigenvalue weighted by molar-refractivity contribution is 5.93. The van der Waals surface area contributed by atoms with Gasteiger partial charge in [0.2, 0.25) is 0 Å². The van der Waals surface area contributed by atoms with Crippen molar-refractivity contribution in [3.8, 4) is 17.1 Å². The van der Waals surface area contributed by atoms with E-state index in [4.69, 9.17) is 9.26 Å². The lowest BCUT2D eigenvalue weighted by atomic mass is 10.1. The largest absolute Gasteiger partial charge is 0.494 e. The molecular formula is C23H21FN4O3. The van der Waals surface area contributed by atoms with E-state index in [1.54, 1.807) is 17.0 Å². The summed E-state index contributed by atoms with van der Waals surface area (Å²) in [7, 11) is 0. The van der Waals surface area contributed by atoms with Crippen LogP contribution in [0.25, 0.3) is 22.4 Å². The van der Waals surface area contributed by atoms with Crippen molar-refractivity contribution in [1.29, 1.82) is 0 Å². The fourth-order valence-electron chi connectivity index (χ4n) is 3.99. The number of fused-ring (bicyclic) bond motifs is 1. The number of nitrogens with one attached hydrogen (secondary N) is 1. The Hall–Kier alpha value is -3.68. The van der Waals surface area contributed by atoms with Gasteiger partial charge in [-0.05, 0) is 62.2 Å². The molecule has 1 aliphatic heterocycles. The second-order valence-corrected chi connectivity index (χ2v) is 7.47. The number of benzene rings is 2. The standard InChI is InChI=1S/C23H21FN4O3/c1-2-30-16-8-5-14(6-9-16)21-13-19(27-31-21)23(29)28-11-3-4-20(28)22-25-17-10-7-15(24)12-18(17)26-22/h5-10,12-13,20H,2-4,11H2,1H3,(H,25,26). The molecule has 2 aromatic carbocycles. The van der Waals surface area contributed by atoms with Gasteiger partial charge in [0.15, 0.2) is 11.5 Å². The van der Waals surface area contributed by atoms with E-state index in [1.807, 2.05) is 31.2 Å². The second kappa shape index (κ2) is 7.86. The molecule has 8 heteroatoms. The molecule has 2 aromatic heterocycles. The van der Waals surface area contributed by atoms with Crippen LogP contribution in [-0.4, -0.2) is 39.1 Å². The Balaban J connectivity index is 1.37. The van der Waals surface area contributed by atoms with Crippen LogP contribution in [0.1, 0.15) is 42.1 Å². The number of rotatable bonds is 5. The third kappa shape index (κ3) is 3.65. The first-order chi connectivity index (χ1) is 15.1. The number of amides is 1. The average molecular weight is 420 g/mol. The monoisotopic (exact) mass is 420 g/mol. The van der Waals surface area contributed by atoms with Crippen molar-refractivity contribution in [1.82, 2.24) is 20.0 Å². The normalized spacial score (nSPS) is 16.2. The number of halogens is 1. The number of aromatic nitrogens is 3. The number of hydrogen-bond donors (Lipinski definition) is 1. The van der Waals surface area contributed by atoms with E-state index < -0.39 is 0 Å². The third-order valence-corrected chi connectivity index (χ3v) is 5.47. The Morgan fingerprint density at radius 2 is 2.10 bits per heavy atom. The molecule has 0 aliphatic carbocycles. The van der Waals surface area contributed by atoms with E-state index in [0.717, 1.165) is 24.2 Å². The molecule has 31 heavy (non-hydrogen) atoms. The molecule has 7 nitrogen and oxygen atoms in total. The van der Waals surface area contributed by atoms with Gasteiger partial charge in [-0.2, -0.15) is 0 Å². The highest BCUT2D eigenvalue weighted by atomic mass is 19.1. The van der Waals surface area contributed by atoms with Gasteiger partial charge in [0.05, 0.1) is 23.7 Å². The number of aromatic amines is 1. The molecule has 1 saturated heterocycles. The summed E-state index contributed by atoms with van der Waals surface area (Å²) < 4.78 is 24.4. The lowest BCUT2D eigenvalue weighted by Gasteiger charge is -2.21. The molecule has 4 aromatic rings. The zero-order chi connectivity index (χ0) is 21.4. The summed E-state index contributed by atoms with van der Waals surface area (Å²) in [5, 5.41) is 4.00. The summed E-state index contributed by atoms with van der Waals surface area (Å²) in [6, 6.07) is 13.3. The number of imidazole rings is 1. The first kappa shape index (κ1) is 19.3. The van der Waals surface area contributed by atoms with Crippen LogP contribution in [0, 0.1) is 5.82 Å². The van der Waals surface area contributed by atoms with Crippen LogP contribution in [0.5, 0.6) is 5.75 Å². The minimum absolute atomic E-state index is 0.213. The van der Waals surface area contributed by atoms with E-state index >= 15 is 0 Å². The van der Waals surface area contributed by atoms with Crippen LogP contribution in [0.2, 0.25) is 0 Å². The molecule has 0 bridgehead atoms. The molecule has 1 N–H and O–H groups in total. The highest BCUT2D eigenvalue weighted by Gasteiger charge is 2.34. The SMILES string of the molecule is CCOc1ccc(-c2cc(C(=O)N3CCCC3c3nc4ccc(F)cc4[nH]3)no2)cc1. The molecule has 1 amide bonds. The lowest BCUT2D eigenvalue weighted by molar-refractivity contribution is 0.0720. The first-order valence-electron chi connectivity index (χ1n) is 10.3. The topological polar surface area (TPSA) is 84.2 Å². The Morgan fingerprint density at radius 3 is 2.90 bits per heavy atom. The number of hydrogen-bond acceptors (Lipinski definition) is 5. The number of likely N-dealkylation sites (tertiary alicyclic amines) is 1. The minimum atomic E-state index is -0.327. The molecule has 1 fully saturated rings. The Labute approximate surface area is 177 Å². The maximum absolute atomic E-state index is 13.5. The van der Waals surface area contributed by atoms with Crippen molar-refractivity contribution >= 4 is 16.9 Å². The van der Waals surface area contributed by atoms with Gasteiger partial charge in [-0.25, -0.2) is 9.37 Å². The Bertz CT molecular complexity index is 1230. The maximum atomic E-state index is 13.5.